The summed E-state index contributed by atoms with van der Waals surface area (Å²) in [4.78, 5) is 10.9. The Labute approximate surface area is 188 Å². The molecule has 0 atom stereocenters. The number of pyridine rings is 1. The number of aryl methyl sites for hydroxylation is 2. The molecule has 0 aliphatic carbocycles. The van der Waals surface area contributed by atoms with E-state index in [0.29, 0.717) is 0 Å². The second-order valence-corrected chi connectivity index (χ2v) is 9.21. The molecule has 6 heteroatoms. The zero-order valence-electron chi connectivity index (χ0n) is 18.8. The molecule has 3 aromatic heterocycles. The molecule has 32 heavy (non-hydrogen) atoms. The van der Waals surface area contributed by atoms with Crippen LogP contribution in [0.25, 0.3) is 10.9 Å². The van der Waals surface area contributed by atoms with Crippen molar-refractivity contribution in [3.63, 3.8) is 0 Å². The number of ether oxygens (including phenoxy) is 1. The minimum Gasteiger partial charge on any atom is -0.368 e. The Balaban J connectivity index is 1.18. The van der Waals surface area contributed by atoms with Crippen LogP contribution in [0, 0.1) is 13.8 Å². The van der Waals surface area contributed by atoms with Gasteiger partial charge < -0.3 is 14.6 Å². The molecule has 0 unspecified atom stereocenters. The van der Waals surface area contributed by atoms with E-state index < -0.39 is 0 Å². The van der Waals surface area contributed by atoms with E-state index in [2.05, 4.69) is 64.4 Å². The Kier molecular flexibility index (Phi) is 4.57. The molecule has 2 aliphatic rings. The van der Waals surface area contributed by atoms with Gasteiger partial charge in [-0.3, -0.25) is 4.68 Å². The summed E-state index contributed by atoms with van der Waals surface area (Å²) < 4.78 is 8.49. The molecule has 164 valence electrons. The molecule has 0 saturated carbocycles. The van der Waals surface area contributed by atoms with E-state index in [9.17, 15) is 0 Å². The Hall–Kier alpha value is -3.12. The van der Waals surface area contributed by atoms with Crippen LogP contribution in [0.5, 0.6) is 0 Å². The standard InChI is InChI=1S/C26H29N5O/c1-18-15-19(2)31(29-18)17-20-7-8-24(27-16-20)30-12-10-26(11-13-30)25-22(9-14-32-26)21-5-3-4-6-23(21)28-25/h3-8,15-16,28H,9-14,17H2,1-2H3. The quantitative estimate of drug-likeness (QED) is 0.523. The normalized spacial score (nSPS) is 17.8. The molecule has 6 nitrogen and oxygen atoms in total. The number of fused-ring (bicyclic) bond motifs is 4. The molecule has 1 aromatic carbocycles. The minimum absolute atomic E-state index is 0.196. The first-order valence-corrected chi connectivity index (χ1v) is 11.6. The summed E-state index contributed by atoms with van der Waals surface area (Å²) in [6, 6.07) is 15.1. The van der Waals surface area contributed by atoms with Gasteiger partial charge in [0.2, 0.25) is 0 Å². The summed E-state index contributed by atoms with van der Waals surface area (Å²) in [6.45, 7) is 7.57. The van der Waals surface area contributed by atoms with Gasteiger partial charge in [0.25, 0.3) is 0 Å². The summed E-state index contributed by atoms with van der Waals surface area (Å²) in [7, 11) is 0. The van der Waals surface area contributed by atoms with Crippen LogP contribution in [0.4, 0.5) is 5.82 Å². The van der Waals surface area contributed by atoms with Gasteiger partial charge in [-0.15, -0.1) is 0 Å². The van der Waals surface area contributed by atoms with Crippen molar-refractivity contribution >= 4 is 16.7 Å². The Morgan fingerprint density at radius 1 is 1.09 bits per heavy atom. The van der Waals surface area contributed by atoms with E-state index in [4.69, 9.17) is 9.72 Å². The lowest BCUT2D eigenvalue weighted by Gasteiger charge is -2.44. The van der Waals surface area contributed by atoms with Crippen molar-refractivity contribution in [2.45, 2.75) is 45.3 Å². The van der Waals surface area contributed by atoms with Crippen LogP contribution >= 0.6 is 0 Å². The van der Waals surface area contributed by atoms with Gasteiger partial charge in [0.15, 0.2) is 0 Å². The van der Waals surface area contributed by atoms with Crippen LogP contribution in [-0.2, 0) is 23.3 Å². The first-order chi connectivity index (χ1) is 15.6. The van der Waals surface area contributed by atoms with Crippen molar-refractivity contribution in [1.82, 2.24) is 19.7 Å². The van der Waals surface area contributed by atoms with Gasteiger partial charge in [-0.1, -0.05) is 24.3 Å². The number of H-pyrrole nitrogens is 1. The van der Waals surface area contributed by atoms with E-state index in [0.717, 1.165) is 57.0 Å². The van der Waals surface area contributed by atoms with Crippen LogP contribution in [0.1, 0.15) is 41.1 Å². The predicted octanol–water partition coefficient (Wildman–Crippen LogP) is 4.49. The number of rotatable bonds is 3. The van der Waals surface area contributed by atoms with E-state index >= 15 is 0 Å². The number of piperidine rings is 1. The number of nitrogens with one attached hydrogen (secondary N) is 1. The minimum atomic E-state index is -0.196. The van der Waals surface area contributed by atoms with Crippen LogP contribution in [0.2, 0.25) is 0 Å². The number of benzene rings is 1. The number of aromatic nitrogens is 4. The van der Waals surface area contributed by atoms with Gasteiger partial charge in [0.05, 0.1) is 24.5 Å². The number of para-hydroxylation sites is 1. The maximum absolute atomic E-state index is 6.46. The lowest BCUT2D eigenvalue weighted by Crippen LogP contribution is -2.47. The van der Waals surface area contributed by atoms with E-state index in [-0.39, 0.29) is 5.60 Å². The van der Waals surface area contributed by atoms with Crippen LogP contribution in [0.15, 0.2) is 48.7 Å². The molecule has 1 saturated heterocycles. The van der Waals surface area contributed by atoms with Gasteiger partial charge in [-0.2, -0.15) is 5.10 Å². The van der Waals surface area contributed by atoms with Gasteiger partial charge >= 0.3 is 0 Å². The average Bonchev–Trinajstić information content (AvgIpc) is 3.35. The summed E-state index contributed by atoms with van der Waals surface area (Å²) in [6.07, 6.45) is 4.93. The molecule has 0 bridgehead atoms. The second kappa shape index (κ2) is 7.48. The Morgan fingerprint density at radius 3 is 2.69 bits per heavy atom. The third kappa shape index (κ3) is 3.21. The average molecular weight is 428 g/mol. The Bertz CT molecular complexity index is 1260. The van der Waals surface area contributed by atoms with Crippen molar-refractivity contribution in [2.75, 3.05) is 24.6 Å². The molecule has 6 rings (SSSR count). The molecule has 5 heterocycles. The van der Waals surface area contributed by atoms with Crippen molar-refractivity contribution in [1.29, 1.82) is 0 Å². The highest BCUT2D eigenvalue weighted by Gasteiger charge is 2.42. The monoisotopic (exact) mass is 427 g/mol. The summed E-state index contributed by atoms with van der Waals surface area (Å²) in [5.41, 5.74) is 7.19. The SMILES string of the molecule is Cc1cc(C)n(Cc2ccc(N3CCC4(CC3)OCCc3c4[nH]c4ccccc34)nc2)n1. The number of aromatic amines is 1. The predicted molar refractivity (Wildman–Crippen MR) is 126 cm³/mol. The lowest BCUT2D eigenvalue weighted by atomic mass is 9.83. The highest BCUT2D eigenvalue weighted by atomic mass is 16.5. The fourth-order valence-electron chi connectivity index (χ4n) is 5.47. The van der Waals surface area contributed by atoms with Crippen molar-refractivity contribution in [2.24, 2.45) is 0 Å². The maximum atomic E-state index is 6.46. The smallest absolute Gasteiger partial charge is 0.128 e. The molecular weight excluding hydrogens is 398 g/mol. The molecule has 4 aromatic rings. The zero-order valence-corrected chi connectivity index (χ0v) is 18.8. The molecule has 1 N–H and O–H groups in total. The highest BCUT2D eigenvalue weighted by molar-refractivity contribution is 5.85. The van der Waals surface area contributed by atoms with E-state index in [1.54, 1.807) is 0 Å². The van der Waals surface area contributed by atoms with Crippen molar-refractivity contribution in [3.8, 4) is 0 Å². The number of hydrogen-bond donors (Lipinski definition) is 1. The van der Waals surface area contributed by atoms with Gasteiger partial charge in [-0.25, -0.2) is 4.98 Å². The molecular formula is C26H29N5O. The summed E-state index contributed by atoms with van der Waals surface area (Å²) in [5.74, 6) is 1.05. The first-order valence-electron chi connectivity index (χ1n) is 11.6. The second-order valence-electron chi connectivity index (χ2n) is 9.21. The van der Waals surface area contributed by atoms with Crippen LogP contribution < -0.4 is 4.90 Å². The fourth-order valence-corrected chi connectivity index (χ4v) is 5.47. The van der Waals surface area contributed by atoms with Crippen molar-refractivity contribution < 1.29 is 4.74 Å². The molecule has 1 spiro atoms. The van der Waals surface area contributed by atoms with Gasteiger partial charge in [-0.05, 0) is 62.4 Å². The third-order valence-electron chi connectivity index (χ3n) is 7.14. The van der Waals surface area contributed by atoms with E-state index in [1.165, 1.54) is 33.4 Å². The molecule has 0 amide bonds. The maximum Gasteiger partial charge on any atom is 0.128 e. The fraction of sp³-hybridized carbons (Fsp3) is 0.385. The molecule has 2 aliphatic heterocycles. The first kappa shape index (κ1) is 19.6. The summed E-state index contributed by atoms with van der Waals surface area (Å²) >= 11 is 0. The molecule has 1 fully saturated rings. The third-order valence-corrected chi connectivity index (χ3v) is 7.14. The van der Waals surface area contributed by atoms with Crippen LogP contribution in [-0.4, -0.2) is 39.4 Å². The topological polar surface area (TPSA) is 59.0 Å². The summed E-state index contributed by atoms with van der Waals surface area (Å²) in [5, 5.41) is 5.92. The zero-order chi connectivity index (χ0) is 21.7. The van der Waals surface area contributed by atoms with Gasteiger partial charge in [0.1, 0.15) is 11.4 Å². The van der Waals surface area contributed by atoms with Crippen LogP contribution in [0.3, 0.4) is 0 Å². The number of hydrogen-bond acceptors (Lipinski definition) is 4. The number of anilines is 1. The van der Waals surface area contributed by atoms with Crippen molar-refractivity contribution in [3.05, 3.63) is 76.9 Å². The Morgan fingerprint density at radius 2 is 1.94 bits per heavy atom. The number of nitrogens with zero attached hydrogens (tertiary/aromatic N) is 4. The highest BCUT2D eigenvalue weighted by Crippen LogP contribution is 2.43. The largest absolute Gasteiger partial charge is 0.368 e. The van der Waals surface area contributed by atoms with Gasteiger partial charge in [0, 0.05) is 35.9 Å². The lowest BCUT2D eigenvalue weighted by molar-refractivity contribution is -0.0791. The molecule has 0 radical (unpaired) electrons. The van der Waals surface area contributed by atoms with E-state index in [1.807, 2.05) is 17.8 Å².